The molecule has 0 saturated heterocycles. The van der Waals surface area contributed by atoms with Gasteiger partial charge in [-0.25, -0.2) is 0 Å². The quantitative estimate of drug-likeness (QED) is 0.128. The SMILES string of the molecule is Cc1ccccc1-c1cccc2c1oc1c(N(c3cccc(-c4ccccc4)c3)c3ccc4ccc5c(N(c6cccc(-c7ccccc7)c6)c6cccc7c6oc6c(-c8ccccc8C)cccc67)ccc6ccc3c4c65)cccc12. The topological polar surface area (TPSA) is 32.8 Å². The van der Waals surface area contributed by atoms with Crippen LogP contribution in [0.15, 0.2) is 288 Å². The molecule has 0 unspecified atom stereocenters. The summed E-state index contributed by atoms with van der Waals surface area (Å²) >= 11 is 0. The van der Waals surface area contributed by atoms with Crippen LogP contribution in [0.1, 0.15) is 11.1 Å². The Kier molecular flexibility index (Phi) is 11.0. The van der Waals surface area contributed by atoms with Crippen LogP contribution in [0.3, 0.4) is 0 Å². The summed E-state index contributed by atoms with van der Waals surface area (Å²) in [5.74, 6) is 0. The largest absolute Gasteiger partial charge is 0.453 e. The van der Waals surface area contributed by atoms with Gasteiger partial charge in [0.05, 0.1) is 22.7 Å². The van der Waals surface area contributed by atoms with Gasteiger partial charge in [-0.2, -0.15) is 0 Å². The second-order valence-electron chi connectivity index (χ2n) is 21.6. The van der Waals surface area contributed by atoms with E-state index in [2.05, 4.69) is 303 Å². The van der Waals surface area contributed by atoms with E-state index in [-0.39, 0.29) is 0 Å². The van der Waals surface area contributed by atoms with E-state index >= 15 is 0 Å². The van der Waals surface area contributed by atoms with Crippen molar-refractivity contribution < 1.29 is 8.83 Å². The van der Waals surface area contributed by atoms with Crippen LogP contribution in [0.4, 0.5) is 34.1 Å². The first kappa shape index (κ1) is 47.3. The lowest BCUT2D eigenvalue weighted by molar-refractivity contribution is 0.670. The lowest BCUT2D eigenvalue weighted by atomic mass is 9.91. The summed E-state index contributed by atoms with van der Waals surface area (Å²) < 4.78 is 14.6. The number of anilines is 6. The Labute approximate surface area is 474 Å². The number of hydrogen-bond donors (Lipinski definition) is 0. The number of para-hydroxylation sites is 4. The molecule has 4 heteroatoms. The van der Waals surface area contributed by atoms with Crippen molar-refractivity contribution in [2.24, 2.45) is 0 Å². The van der Waals surface area contributed by atoms with Gasteiger partial charge in [-0.1, -0.05) is 231 Å². The smallest absolute Gasteiger partial charge is 0.159 e. The average molecular weight is 1050 g/mol. The fraction of sp³-hybridized carbons (Fsp3) is 0.0256. The van der Waals surface area contributed by atoms with Gasteiger partial charge >= 0.3 is 0 Å². The molecule has 0 aliphatic rings. The highest BCUT2D eigenvalue weighted by Gasteiger charge is 2.27. The van der Waals surface area contributed by atoms with Crippen LogP contribution in [0.25, 0.3) is 121 Å². The van der Waals surface area contributed by atoms with Crippen molar-refractivity contribution in [1.29, 1.82) is 0 Å². The van der Waals surface area contributed by atoms with E-state index in [1.807, 2.05) is 0 Å². The second kappa shape index (κ2) is 19.0. The van der Waals surface area contributed by atoms with Crippen molar-refractivity contribution in [3.63, 3.8) is 0 Å². The van der Waals surface area contributed by atoms with Crippen LogP contribution < -0.4 is 9.80 Å². The molecule has 0 aliphatic heterocycles. The Morgan fingerprint density at radius 2 is 0.598 bits per heavy atom. The molecule has 0 radical (unpaired) electrons. The molecule has 0 atom stereocenters. The molecule has 14 aromatic carbocycles. The number of rotatable bonds is 10. The zero-order valence-electron chi connectivity index (χ0n) is 45.3. The van der Waals surface area contributed by atoms with Crippen molar-refractivity contribution in [3.05, 3.63) is 290 Å². The van der Waals surface area contributed by atoms with Crippen LogP contribution in [-0.2, 0) is 0 Å². The van der Waals surface area contributed by atoms with E-state index in [4.69, 9.17) is 8.83 Å². The van der Waals surface area contributed by atoms with Gasteiger partial charge in [-0.15, -0.1) is 0 Å². The minimum absolute atomic E-state index is 0.829. The summed E-state index contributed by atoms with van der Waals surface area (Å²) in [4.78, 5) is 4.85. The van der Waals surface area contributed by atoms with Gasteiger partial charge < -0.3 is 18.6 Å². The highest BCUT2D eigenvalue weighted by molar-refractivity contribution is 6.29. The maximum absolute atomic E-state index is 7.28. The zero-order valence-corrected chi connectivity index (χ0v) is 45.3. The van der Waals surface area contributed by atoms with Gasteiger partial charge in [0, 0.05) is 54.8 Å². The molecule has 0 aliphatic carbocycles. The number of nitrogens with zero attached hydrogens (tertiary/aromatic N) is 2. The maximum atomic E-state index is 7.28. The monoisotopic (exact) mass is 1050 g/mol. The van der Waals surface area contributed by atoms with Gasteiger partial charge in [0.1, 0.15) is 11.2 Å². The molecule has 4 nitrogen and oxygen atoms in total. The van der Waals surface area contributed by atoms with E-state index in [0.29, 0.717) is 0 Å². The van der Waals surface area contributed by atoms with Crippen molar-refractivity contribution in [3.8, 4) is 44.5 Å². The predicted molar refractivity (Wildman–Crippen MR) is 345 cm³/mol. The first-order valence-corrected chi connectivity index (χ1v) is 28.1. The first-order valence-electron chi connectivity index (χ1n) is 28.1. The highest BCUT2D eigenvalue weighted by Crippen LogP contribution is 2.52. The van der Waals surface area contributed by atoms with E-state index < -0.39 is 0 Å². The Hall–Kier alpha value is -10.7. The van der Waals surface area contributed by atoms with E-state index in [0.717, 1.165) is 144 Å². The summed E-state index contributed by atoms with van der Waals surface area (Å²) in [6, 6.07) is 101. The lowest BCUT2D eigenvalue weighted by Crippen LogP contribution is -2.12. The summed E-state index contributed by atoms with van der Waals surface area (Å²) in [7, 11) is 0. The molecule has 16 rings (SSSR count). The predicted octanol–water partition coefficient (Wildman–Crippen LogP) is 22.6. The van der Waals surface area contributed by atoms with Crippen molar-refractivity contribution in [2.75, 3.05) is 9.80 Å². The van der Waals surface area contributed by atoms with Gasteiger partial charge in [0.15, 0.2) is 11.2 Å². The molecule has 0 spiro atoms. The molecule has 0 amide bonds. The molecule has 2 aromatic heterocycles. The van der Waals surface area contributed by atoms with Crippen LogP contribution >= 0.6 is 0 Å². The van der Waals surface area contributed by atoms with Crippen LogP contribution in [0.2, 0.25) is 0 Å². The molecule has 82 heavy (non-hydrogen) atoms. The Morgan fingerprint density at radius 3 is 1.04 bits per heavy atom. The molecular weight excluding hydrogens is 997 g/mol. The van der Waals surface area contributed by atoms with Gasteiger partial charge in [0.25, 0.3) is 0 Å². The van der Waals surface area contributed by atoms with Crippen molar-refractivity contribution >= 4 is 110 Å². The zero-order chi connectivity index (χ0) is 54.4. The lowest BCUT2D eigenvalue weighted by Gasteiger charge is -2.29. The molecule has 0 saturated carbocycles. The number of fused-ring (bicyclic) bond motifs is 6. The van der Waals surface area contributed by atoms with Crippen LogP contribution in [0.5, 0.6) is 0 Å². The molecule has 0 N–H and O–H groups in total. The van der Waals surface area contributed by atoms with E-state index in [1.54, 1.807) is 0 Å². The number of aryl methyl sites for hydroxylation is 2. The van der Waals surface area contributed by atoms with Gasteiger partial charge in [-0.3, -0.25) is 0 Å². The number of furan rings is 2. The maximum Gasteiger partial charge on any atom is 0.159 e. The minimum atomic E-state index is 0.829. The van der Waals surface area contributed by atoms with Crippen molar-refractivity contribution in [2.45, 2.75) is 13.8 Å². The van der Waals surface area contributed by atoms with E-state index in [9.17, 15) is 0 Å². The second-order valence-corrected chi connectivity index (χ2v) is 21.6. The summed E-state index contributed by atoms with van der Waals surface area (Å²) in [6.45, 7) is 4.34. The van der Waals surface area contributed by atoms with Crippen LogP contribution in [0, 0.1) is 13.8 Å². The molecule has 2 heterocycles. The Bertz CT molecular complexity index is 4820. The molecule has 16 aromatic rings. The standard InChI is InChI=1S/C78H52N2O2/c1-49-19-9-11-29-59(49)61-31-15-33-63-65-35-17-37-71(77(65)81-75(61)63)79(57-27-13-25-55(47-57)51-21-5-3-6-22-51)69-45-41-53-40-44-68-70(46-42-54-39-43-67(69)73(53)74(54)68)80(58-28-14-26-56(48-58)52-23-7-4-8-24-52)72-38-18-36-66-64-34-16-32-62(76(64)82-78(66)72)60-30-12-10-20-50(60)2/h3-48H,1-2H3. The molecule has 0 fully saturated rings. The minimum Gasteiger partial charge on any atom is -0.453 e. The summed E-state index contributed by atoms with van der Waals surface area (Å²) in [5, 5.41) is 11.3. The third kappa shape index (κ3) is 7.53. The Morgan fingerprint density at radius 1 is 0.244 bits per heavy atom. The van der Waals surface area contributed by atoms with Gasteiger partial charge in [-0.05, 0) is 128 Å². The van der Waals surface area contributed by atoms with Crippen molar-refractivity contribution in [1.82, 2.24) is 0 Å². The third-order valence-corrected chi connectivity index (χ3v) is 16.9. The number of hydrogen-bond acceptors (Lipinski definition) is 4. The Balaban J connectivity index is 0.945. The highest BCUT2D eigenvalue weighted by atomic mass is 16.3. The van der Waals surface area contributed by atoms with E-state index in [1.165, 1.54) is 21.9 Å². The first-order chi connectivity index (χ1) is 40.5. The average Bonchev–Trinajstić information content (AvgIpc) is 4.23. The number of benzene rings is 14. The summed E-state index contributed by atoms with van der Waals surface area (Å²) in [5.41, 5.74) is 20.9. The molecule has 386 valence electrons. The summed E-state index contributed by atoms with van der Waals surface area (Å²) in [6.07, 6.45) is 0. The van der Waals surface area contributed by atoms with Crippen LogP contribution in [-0.4, -0.2) is 0 Å². The normalized spacial score (nSPS) is 11.8. The van der Waals surface area contributed by atoms with Gasteiger partial charge in [0.2, 0.25) is 0 Å². The fourth-order valence-corrected chi connectivity index (χ4v) is 13.0. The molecular formula is C78H52N2O2. The molecule has 0 bridgehead atoms. The fourth-order valence-electron chi connectivity index (χ4n) is 13.0. The third-order valence-electron chi connectivity index (χ3n) is 16.9.